The van der Waals surface area contributed by atoms with Gasteiger partial charge in [-0.3, -0.25) is 4.79 Å². The Hall–Kier alpha value is -1.58. The Labute approximate surface area is 127 Å². The fraction of sp³-hybridized carbons (Fsp3) is 0.333. The lowest BCUT2D eigenvalue weighted by molar-refractivity contribution is -0.127. The Morgan fingerprint density at radius 3 is 2.71 bits per heavy atom. The number of likely N-dealkylation sites (N-methyl/N-ethyl adjacent to an activating group) is 1. The summed E-state index contributed by atoms with van der Waals surface area (Å²) in [6, 6.07) is 2.33. The van der Waals surface area contributed by atoms with Crippen molar-refractivity contribution in [3.8, 4) is 0 Å². The van der Waals surface area contributed by atoms with E-state index in [1.54, 1.807) is 7.05 Å². The van der Waals surface area contributed by atoms with E-state index >= 15 is 0 Å². The van der Waals surface area contributed by atoms with Crippen LogP contribution in [0.2, 0.25) is 0 Å². The molecule has 1 aliphatic rings. The number of carbonyl (C=O) groups is 1. The zero-order chi connectivity index (χ0) is 15.8. The molecule has 2 rings (SSSR count). The molecule has 1 aromatic carbocycles. The summed E-state index contributed by atoms with van der Waals surface area (Å²) in [7, 11) is -2.36. The maximum atomic E-state index is 13.5. The number of hydrogen-bond acceptors (Lipinski definition) is 4. The quantitative estimate of drug-likeness (QED) is 0.756. The Morgan fingerprint density at radius 1 is 1.52 bits per heavy atom. The minimum Gasteiger partial charge on any atom is -0.389 e. The van der Waals surface area contributed by atoms with Crippen LogP contribution in [0.3, 0.4) is 0 Å². The molecule has 0 aliphatic carbocycles. The molecule has 0 spiro atoms. The number of thiocarbonyl (C=S) groups is 1. The molecule has 6 nitrogen and oxygen atoms in total. The molecule has 1 fully saturated rings. The summed E-state index contributed by atoms with van der Waals surface area (Å²) in [5.41, 5.74) is 5.20. The van der Waals surface area contributed by atoms with Gasteiger partial charge in [0.25, 0.3) is 0 Å². The first-order chi connectivity index (χ1) is 9.72. The first-order valence-corrected chi connectivity index (χ1v) is 7.98. The second kappa shape index (κ2) is 5.66. The lowest BCUT2D eigenvalue weighted by Gasteiger charge is -2.13. The molecule has 1 saturated heterocycles. The largest absolute Gasteiger partial charge is 0.389 e. The van der Waals surface area contributed by atoms with Crippen molar-refractivity contribution in [3.05, 3.63) is 29.6 Å². The Bertz CT molecular complexity index is 706. The number of carbonyl (C=O) groups excluding carboxylic acids is 1. The molecule has 1 amide bonds. The molecule has 114 valence electrons. The van der Waals surface area contributed by atoms with Gasteiger partial charge < -0.3 is 10.6 Å². The van der Waals surface area contributed by atoms with Gasteiger partial charge in [0, 0.05) is 19.2 Å². The van der Waals surface area contributed by atoms with Crippen LogP contribution in [0.4, 0.5) is 4.39 Å². The highest BCUT2D eigenvalue weighted by molar-refractivity contribution is 7.89. The average Bonchev–Trinajstić information content (AvgIpc) is 2.70. The summed E-state index contributed by atoms with van der Waals surface area (Å²) in [6.07, 6.45) is 0.387. The van der Waals surface area contributed by atoms with Crippen LogP contribution in [0, 0.1) is 5.82 Å². The van der Waals surface area contributed by atoms with Crippen LogP contribution in [0.15, 0.2) is 23.1 Å². The summed E-state index contributed by atoms with van der Waals surface area (Å²) in [5, 5.41) is 0. The van der Waals surface area contributed by atoms with Crippen molar-refractivity contribution < 1.29 is 17.6 Å². The maximum Gasteiger partial charge on any atom is 0.241 e. The van der Waals surface area contributed by atoms with Gasteiger partial charge in [-0.15, -0.1) is 0 Å². The molecule has 21 heavy (non-hydrogen) atoms. The van der Waals surface area contributed by atoms with Crippen molar-refractivity contribution >= 4 is 33.1 Å². The first kappa shape index (κ1) is 15.8. The summed E-state index contributed by atoms with van der Waals surface area (Å²) in [5.74, 6) is -0.992. The lowest BCUT2D eigenvalue weighted by Crippen LogP contribution is -2.40. The number of likely N-dealkylation sites (tertiary alicyclic amines) is 1. The molecule has 1 aromatic rings. The highest BCUT2D eigenvalue weighted by atomic mass is 32.2. The van der Waals surface area contributed by atoms with E-state index in [0.29, 0.717) is 13.0 Å². The van der Waals surface area contributed by atoms with Gasteiger partial charge in [0.05, 0.1) is 4.90 Å². The monoisotopic (exact) mass is 331 g/mol. The fourth-order valence-electron chi connectivity index (χ4n) is 2.05. The number of benzene rings is 1. The number of hydrogen-bond donors (Lipinski definition) is 2. The van der Waals surface area contributed by atoms with Crippen molar-refractivity contribution in [1.29, 1.82) is 0 Å². The number of amides is 1. The molecule has 0 bridgehead atoms. The van der Waals surface area contributed by atoms with Crippen LogP contribution in [0.5, 0.6) is 0 Å². The Morgan fingerprint density at radius 2 is 2.19 bits per heavy atom. The summed E-state index contributed by atoms with van der Waals surface area (Å²) in [6.45, 7) is 0.480. The van der Waals surface area contributed by atoms with Crippen molar-refractivity contribution in [2.45, 2.75) is 17.4 Å². The van der Waals surface area contributed by atoms with E-state index in [1.807, 2.05) is 0 Å². The molecule has 1 aliphatic heterocycles. The summed E-state index contributed by atoms with van der Waals surface area (Å²) >= 11 is 4.67. The van der Waals surface area contributed by atoms with Gasteiger partial charge in [-0.25, -0.2) is 12.8 Å². The highest BCUT2D eigenvalue weighted by Gasteiger charge is 2.33. The van der Waals surface area contributed by atoms with Gasteiger partial charge >= 0.3 is 0 Å². The number of nitrogens with zero attached hydrogens (tertiary/aromatic N) is 1. The van der Waals surface area contributed by atoms with Crippen LogP contribution in [0.1, 0.15) is 12.0 Å². The number of rotatable bonds is 4. The van der Waals surface area contributed by atoms with Crippen molar-refractivity contribution in [3.63, 3.8) is 0 Å². The van der Waals surface area contributed by atoms with Gasteiger partial charge in [0.2, 0.25) is 15.9 Å². The number of nitrogens with one attached hydrogen (secondary N) is 1. The Balaban J connectivity index is 2.30. The molecule has 1 unspecified atom stereocenters. The van der Waals surface area contributed by atoms with Gasteiger partial charge in [0.1, 0.15) is 16.8 Å². The van der Waals surface area contributed by atoms with Gasteiger partial charge in [-0.1, -0.05) is 12.2 Å². The van der Waals surface area contributed by atoms with Crippen LogP contribution in [0.25, 0.3) is 0 Å². The van der Waals surface area contributed by atoms with Crippen LogP contribution >= 0.6 is 12.2 Å². The Kier molecular flexibility index (Phi) is 4.26. The average molecular weight is 331 g/mol. The second-order valence-electron chi connectivity index (χ2n) is 4.73. The third kappa shape index (κ3) is 3.20. The summed E-state index contributed by atoms with van der Waals surface area (Å²) < 4.78 is 40.3. The van der Waals surface area contributed by atoms with E-state index in [4.69, 9.17) is 5.73 Å². The second-order valence-corrected chi connectivity index (χ2v) is 6.88. The maximum absolute atomic E-state index is 13.5. The molecule has 1 atom stereocenters. The molecule has 0 saturated carbocycles. The van der Waals surface area contributed by atoms with E-state index in [9.17, 15) is 17.6 Å². The third-order valence-electron chi connectivity index (χ3n) is 3.24. The minimum atomic E-state index is -3.95. The van der Waals surface area contributed by atoms with E-state index in [-0.39, 0.29) is 21.4 Å². The standard InChI is InChI=1S/C12H14FN3O3S2/c1-16-5-4-10(12(16)17)15-21(18,19)7-2-3-9(13)8(6-7)11(14)20/h2-3,6,10,15H,4-5H2,1H3,(H2,14,20). The SMILES string of the molecule is CN1CCC(NS(=O)(=O)c2ccc(F)c(C(N)=S)c2)C1=O. The predicted octanol–water partition coefficient (Wildman–Crippen LogP) is -0.0311. The highest BCUT2D eigenvalue weighted by Crippen LogP contribution is 2.17. The van der Waals surface area contributed by atoms with E-state index in [0.717, 1.165) is 18.2 Å². The van der Waals surface area contributed by atoms with Crippen LogP contribution < -0.4 is 10.5 Å². The molecule has 0 aromatic heterocycles. The molecule has 0 radical (unpaired) electrons. The number of nitrogens with two attached hydrogens (primary N) is 1. The normalized spacial score (nSPS) is 19.0. The van der Waals surface area contributed by atoms with E-state index in [2.05, 4.69) is 16.9 Å². The summed E-state index contributed by atoms with van der Waals surface area (Å²) in [4.78, 5) is 12.8. The van der Waals surface area contributed by atoms with Gasteiger partial charge in [0.15, 0.2) is 0 Å². The van der Waals surface area contributed by atoms with Crippen molar-refractivity contribution in [2.24, 2.45) is 5.73 Å². The zero-order valence-electron chi connectivity index (χ0n) is 11.2. The van der Waals surface area contributed by atoms with Crippen molar-refractivity contribution in [1.82, 2.24) is 9.62 Å². The molecule has 3 N–H and O–H groups in total. The smallest absolute Gasteiger partial charge is 0.241 e. The number of sulfonamides is 1. The number of halogens is 1. The molecule has 9 heteroatoms. The lowest BCUT2D eigenvalue weighted by atomic mass is 10.2. The first-order valence-electron chi connectivity index (χ1n) is 6.09. The molecular formula is C12H14FN3O3S2. The fourth-order valence-corrected chi connectivity index (χ4v) is 3.45. The van der Waals surface area contributed by atoms with E-state index < -0.39 is 21.9 Å². The van der Waals surface area contributed by atoms with E-state index in [1.165, 1.54) is 4.90 Å². The minimum absolute atomic E-state index is 0.150. The van der Waals surface area contributed by atoms with Gasteiger partial charge in [-0.2, -0.15) is 4.72 Å². The third-order valence-corrected chi connectivity index (χ3v) is 4.93. The van der Waals surface area contributed by atoms with Crippen molar-refractivity contribution in [2.75, 3.05) is 13.6 Å². The predicted molar refractivity (Wildman–Crippen MR) is 78.7 cm³/mol. The van der Waals surface area contributed by atoms with Gasteiger partial charge in [-0.05, 0) is 24.6 Å². The molecule has 1 heterocycles. The van der Waals surface area contributed by atoms with Crippen LogP contribution in [-0.2, 0) is 14.8 Å². The van der Waals surface area contributed by atoms with Crippen LogP contribution in [-0.4, -0.2) is 43.8 Å². The molecular weight excluding hydrogens is 317 g/mol. The topological polar surface area (TPSA) is 92.5 Å². The zero-order valence-corrected chi connectivity index (χ0v) is 12.8.